The molecular weight excluding hydrogens is 363 g/mol. The zero-order valence-corrected chi connectivity index (χ0v) is 14.0. The number of aromatic nitrogens is 2. The van der Waals surface area contributed by atoms with Crippen LogP contribution >= 0.6 is 11.6 Å². The van der Waals surface area contributed by atoms with Gasteiger partial charge < -0.3 is 5.32 Å². The summed E-state index contributed by atoms with van der Waals surface area (Å²) in [6.07, 6.45) is 1.58. The SMILES string of the molecule is O=C(Nc1ccn(Cc2c(F)cccc2Cl)n1)c1ccc([N+](=O)[O-])cc1. The second kappa shape index (κ2) is 7.32. The minimum absolute atomic E-state index is 0.104. The summed E-state index contributed by atoms with van der Waals surface area (Å²) in [6.45, 7) is 0.110. The number of nitrogens with one attached hydrogen (secondary N) is 1. The molecule has 1 aromatic heterocycles. The topological polar surface area (TPSA) is 90.1 Å². The Morgan fingerprint density at radius 1 is 1.23 bits per heavy atom. The summed E-state index contributed by atoms with van der Waals surface area (Å²) >= 11 is 5.99. The van der Waals surface area contributed by atoms with Crippen molar-refractivity contribution in [1.29, 1.82) is 0 Å². The van der Waals surface area contributed by atoms with Gasteiger partial charge in [0.05, 0.1) is 11.5 Å². The van der Waals surface area contributed by atoms with Crippen LogP contribution in [0.3, 0.4) is 0 Å². The van der Waals surface area contributed by atoms with Gasteiger partial charge in [-0.3, -0.25) is 19.6 Å². The highest BCUT2D eigenvalue weighted by atomic mass is 35.5. The van der Waals surface area contributed by atoms with E-state index in [2.05, 4.69) is 10.4 Å². The monoisotopic (exact) mass is 374 g/mol. The predicted octanol–water partition coefficient (Wildman–Crippen LogP) is 3.88. The van der Waals surface area contributed by atoms with Crippen LogP contribution in [0.25, 0.3) is 0 Å². The number of amides is 1. The predicted molar refractivity (Wildman–Crippen MR) is 93.8 cm³/mol. The highest BCUT2D eigenvalue weighted by Crippen LogP contribution is 2.20. The Morgan fingerprint density at radius 3 is 2.62 bits per heavy atom. The zero-order chi connectivity index (χ0) is 18.7. The van der Waals surface area contributed by atoms with Crippen LogP contribution in [0.4, 0.5) is 15.9 Å². The molecular formula is C17H12ClFN4O3. The van der Waals surface area contributed by atoms with Crippen LogP contribution in [-0.2, 0) is 6.54 Å². The van der Waals surface area contributed by atoms with Crippen molar-refractivity contribution in [3.05, 3.63) is 86.8 Å². The average molecular weight is 375 g/mol. The van der Waals surface area contributed by atoms with E-state index in [1.165, 1.54) is 41.1 Å². The van der Waals surface area contributed by atoms with Crippen molar-refractivity contribution in [2.24, 2.45) is 0 Å². The third-order valence-corrected chi connectivity index (χ3v) is 3.96. The van der Waals surface area contributed by atoms with Crippen LogP contribution in [0.2, 0.25) is 5.02 Å². The standard InChI is InChI=1S/C17H12ClFN4O3/c18-14-2-1-3-15(19)13(14)10-22-9-8-16(21-22)20-17(24)11-4-6-12(7-5-11)23(25)26/h1-9H,10H2,(H,20,21,24). The molecule has 7 nitrogen and oxygen atoms in total. The van der Waals surface area contributed by atoms with Crippen molar-refractivity contribution in [3.8, 4) is 0 Å². The molecule has 0 atom stereocenters. The highest BCUT2D eigenvalue weighted by molar-refractivity contribution is 6.31. The van der Waals surface area contributed by atoms with Crippen molar-refractivity contribution in [2.45, 2.75) is 6.54 Å². The smallest absolute Gasteiger partial charge is 0.269 e. The van der Waals surface area contributed by atoms with E-state index in [4.69, 9.17) is 11.6 Å². The molecule has 1 amide bonds. The summed E-state index contributed by atoms with van der Waals surface area (Å²) in [4.78, 5) is 22.2. The molecule has 0 radical (unpaired) electrons. The van der Waals surface area contributed by atoms with Crippen LogP contribution < -0.4 is 5.32 Å². The van der Waals surface area contributed by atoms with Crippen LogP contribution in [0.5, 0.6) is 0 Å². The maximum absolute atomic E-state index is 13.8. The van der Waals surface area contributed by atoms with Crippen molar-refractivity contribution in [2.75, 3.05) is 5.32 Å². The summed E-state index contributed by atoms with van der Waals surface area (Å²) < 4.78 is 15.3. The lowest BCUT2D eigenvalue weighted by Gasteiger charge is -2.06. The normalized spacial score (nSPS) is 10.5. The largest absolute Gasteiger partial charge is 0.305 e. The number of halogens is 2. The Morgan fingerprint density at radius 2 is 1.96 bits per heavy atom. The summed E-state index contributed by atoms with van der Waals surface area (Å²) in [6, 6.07) is 11.1. The minimum atomic E-state index is -0.544. The number of hydrogen-bond acceptors (Lipinski definition) is 4. The fourth-order valence-corrected chi connectivity index (χ4v) is 2.51. The summed E-state index contributed by atoms with van der Waals surface area (Å²) in [5, 5.41) is 17.6. The number of nitro benzene ring substituents is 1. The molecule has 132 valence electrons. The van der Waals surface area contributed by atoms with Gasteiger partial charge in [0, 0.05) is 40.5 Å². The van der Waals surface area contributed by atoms with E-state index >= 15 is 0 Å². The highest BCUT2D eigenvalue weighted by Gasteiger charge is 2.12. The fraction of sp³-hybridized carbons (Fsp3) is 0.0588. The molecule has 3 aromatic rings. The van der Waals surface area contributed by atoms with E-state index in [9.17, 15) is 19.3 Å². The number of hydrogen-bond donors (Lipinski definition) is 1. The van der Waals surface area contributed by atoms with E-state index in [0.717, 1.165) is 0 Å². The second-order valence-electron chi connectivity index (χ2n) is 5.36. The summed E-state index contributed by atoms with van der Waals surface area (Å²) in [5.74, 6) is -0.639. The number of carbonyl (C=O) groups is 1. The van der Waals surface area contributed by atoms with Crippen molar-refractivity contribution < 1.29 is 14.1 Å². The first-order chi connectivity index (χ1) is 12.4. The van der Waals surface area contributed by atoms with Gasteiger partial charge in [-0.05, 0) is 24.3 Å². The van der Waals surface area contributed by atoms with Gasteiger partial charge in [-0.2, -0.15) is 5.10 Å². The van der Waals surface area contributed by atoms with Gasteiger partial charge in [0.15, 0.2) is 5.82 Å². The Hall–Kier alpha value is -3.26. The number of nitro groups is 1. The molecule has 1 heterocycles. The number of carbonyl (C=O) groups excluding carboxylic acids is 1. The molecule has 0 fully saturated rings. The van der Waals surface area contributed by atoms with Gasteiger partial charge in [0.1, 0.15) is 5.82 Å². The molecule has 2 aromatic carbocycles. The molecule has 0 bridgehead atoms. The lowest BCUT2D eigenvalue weighted by Crippen LogP contribution is -2.13. The third kappa shape index (κ3) is 3.86. The molecule has 0 aliphatic rings. The number of anilines is 1. The van der Waals surface area contributed by atoms with E-state index in [-0.39, 0.29) is 28.6 Å². The molecule has 0 aliphatic heterocycles. The maximum atomic E-state index is 13.8. The lowest BCUT2D eigenvalue weighted by atomic mass is 10.2. The van der Waals surface area contributed by atoms with Crippen molar-refractivity contribution in [3.63, 3.8) is 0 Å². The van der Waals surface area contributed by atoms with Crippen LogP contribution in [0.15, 0.2) is 54.7 Å². The molecule has 0 unspecified atom stereocenters. The molecule has 0 spiro atoms. The van der Waals surface area contributed by atoms with Gasteiger partial charge >= 0.3 is 0 Å². The van der Waals surface area contributed by atoms with E-state index in [1.807, 2.05) is 0 Å². The molecule has 0 aliphatic carbocycles. The fourth-order valence-electron chi connectivity index (χ4n) is 2.28. The Kier molecular flexibility index (Phi) is 4.94. The summed E-state index contributed by atoms with van der Waals surface area (Å²) in [7, 11) is 0. The molecule has 26 heavy (non-hydrogen) atoms. The van der Waals surface area contributed by atoms with E-state index in [0.29, 0.717) is 5.56 Å². The van der Waals surface area contributed by atoms with Gasteiger partial charge in [0.2, 0.25) is 0 Å². The van der Waals surface area contributed by atoms with E-state index in [1.54, 1.807) is 18.3 Å². The van der Waals surface area contributed by atoms with Crippen LogP contribution in [-0.4, -0.2) is 20.6 Å². The van der Waals surface area contributed by atoms with Gasteiger partial charge in [-0.1, -0.05) is 17.7 Å². The first-order valence-electron chi connectivity index (χ1n) is 7.46. The first-order valence-corrected chi connectivity index (χ1v) is 7.84. The third-order valence-electron chi connectivity index (χ3n) is 3.60. The number of non-ortho nitro benzene ring substituents is 1. The van der Waals surface area contributed by atoms with Gasteiger partial charge in [-0.25, -0.2) is 4.39 Å². The average Bonchev–Trinajstić information content (AvgIpc) is 3.05. The lowest BCUT2D eigenvalue weighted by molar-refractivity contribution is -0.384. The molecule has 0 saturated carbocycles. The quantitative estimate of drug-likeness (QED) is 0.542. The maximum Gasteiger partial charge on any atom is 0.269 e. The molecule has 0 saturated heterocycles. The summed E-state index contributed by atoms with van der Waals surface area (Å²) in [5.41, 5.74) is 0.445. The second-order valence-corrected chi connectivity index (χ2v) is 5.76. The Labute approximate surface area is 152 Å². The molecule has 1 N–H and O–H groups in total. The number of rotatable bonds is 5. The van der Waals surface area contributed by atoms with Crippen molar-refractivity contribution >= 4 is 29.0 Å². The minimum Gasteiger partial charge on any atom is -0.305 e. The first kappa shape index (κ1) is 17.6. The number of benzene rings is 2. The Bertz CT molecular complexity index is 952. The zero-order valence-electron chi connectivity index (χ0n) is 13.2. The van der Waals surface area contributed by atoms with Crippen LogP contribution in [0.1, 0.15) is 15.9 Å². The van der Waals surface area contributed by atoms with Gasteiger partial charge in [-0.15, -0.1) is 0 Å². The molecule has 3 rings (SSSR count). The van der Waals surface area contributed by atoms with Crippen LogP contribution in [0, 0.1) is 15.9 Å². The van der Waals surface area contributed by atoms with Crippen molar-refractivity contribution in [1.82, 2.24) is 9.78 Å². The Balaban J connectivity index is 1.70. The number of nitrogens with zero attached hydrogens (tertiary/aromatic N) is 3. The van der Waals surface area contributed by atoms with E-state index < -0.39 is 16.6 Å². The van der Waals surface area contributed by atoms with Gasteiger partial charge in [0.25, 0.3) is 11.6 Å². The molecule has 9 heteroatoms.